The maximum absolute atomic E-state index is 5.73. The van der Waals surface area contributed by atoms with E-state index in [2.05, 4.69) is 10.1 Å². The van der Waals surface area contributed by atoms with Gasteiger partial charge in [0, 0.05) is 6.54 Å². The minimum atomic E-state index is 0.282. The molecule has 0 saturated heterocycles. The molecular formula is C13H17N3O2. The van der Waals surface area contributed by atoms with Gasteiger partial charge in [-0.15, -0.1) is 0 Å². The van der Waals surface area contributed by atoms with Gasteiger partial charge in [-0.05, 0) is 37.5 Å². The van der Waals surface area contributed by atoms with Gasteiger partial charge in [-0.2, -0.15) is 4.98 Å². The van der Waals surface area contributed by atoms with E-state index in [9.17, 15) is 0 Å². The summed E-state index contributed by atoms with van der Waals surface area (Å²) in [5.41, 5.74) is 8.86. The van der Waals surface area contributed by atoms with Crippen LogP contribution >= 0.6 is 0 Å². The van der Waals surface area contributed by atoms with E-state index < -0.39 is 0 Å². The predicted octanol–water partition coefficient (Wildman–Crippen LogP) is 2.03. The summed E-state index contributed by atoms with van der Waals surface area (Å²) in [6.45, 7) is 6.59. The highest BCUT2D eigenvalue weighted by Crippen LogP contribution is 2.25. The third-order valence-corrected chi connectivity index (χ3v) is 2.67. The highest BCUT2D eigenvalue weighted by molar-refractivity contribution is 5.43. The van der Waals surface area contributed by atoms with Crippen molar-refractivity contribution in [3.63, 3.8) is 0 Å². The first-order chi connectivity index (χ1) is 8.60. The zero-order chi connectivity index (χ0) is 13.1. The van der Waals surface area contributed by atoms with E-state index in [-0.39, 0.29) is 6.61 Å². The monoisotopic (exact) mass is 247 g/mol. The average molecular weight is 247 g/mol. The normalized spacial score (nSPS) is 10.7. The zero-order valence-corrected chi connectivity index (χ0v) is 10.9. The molecule has 0 atom stereocenters. The molecule has 0 unspecified atom stereocenters. The molecule has 0 spiro atoms. The van der Waals surface area contributed by atoms with Crippen LogP contribution in [0.5, 0.6) is 5.75 Å². The lowest BCUT2D eigenvalue weighted by atomic mass is 10.1. The van der Waals surface area contributed by atoms with Gasteiger partial charge in [0.1, 0.15) is 5.75 Å². The van der Waals surface area contributed by atoms with Crippen LogP contribution in [-0.4, -0.2) is 10.1 Å². The number of hydrogen-bond donors (Lipinski definition) is 1. The SMILES string of the molecule is Cc1noc(COc2c(C)cc(CN)cc2C)n1. The van der Waals surface area contributed by atoms with Crippen molar-refractivity contribution in [2.24, 2.45) is 5.73 Å². The smallest absolute Gasteiger partial charge is 0.264 e. The number of aromatic nitrogens is 2. The minimum Gasteiger partial charge on any atom is -0.483 e. The molecule has 2 rings (SSSR count). The molecule has 1 aromatic heterocycles. The summed E-state index contributed by atoms with van der Waals surface area (Å²) in [6.07, 6.45) is 0. The topological polar surface area (TPSA) is 74.2 Å². The van der Waals surface area contributed by atoms with Crippen molar-refractivity contribution in [3.05, 3.63) is 40.5 Å². The molecule has 0 aliphatic carbocycles. The molecule has 0 bridgehead atoms. The third kappa shape index (κ3) is 2.68. The Morgan fingerprint density at radius 1 is 1.22 bits per heavy atom. The van der Waals surface area contributed by atoms with Crippen molar-refractivity contribution in [1.29, 1.82) is 0 Å². The van der Waals surface area contributed by atoms with Crippen molar-refractivity contribution in [1.82, 2.24) is 10.1 Å². The lowest BCUT2D eigenvalue weighted by molar-refractivity contribution is 0.240. The Labute approximate surface area is 106 Å². The summed E-state index contributed by atoms with van der Waals surface area (Å²) < 4.78 is 10.7. The Bertz CT molecular complexity index is 526. The summed E-state index contributed by atoms with van der Waals surface area (Å²) in [7, 11) is 0. The molecule has 0 saturated carbocycles. The van der Waals surface area contributed by atoms with E-state index in [1.165, 1.54) is 0 Å². The average Bonchev–Trinajstić information content (AvgIpc) is 2.73. The summed E-state index contributed by atoms with van der Waals surface area (Å²) in [5, 5.41) is 3.72. The molecule has 5 nitrogen and oxygen atoms in total. The highest BCUT2D eigenvalue weighted by Gasteiger charge is 2.09. The highest BCUT2D eigenvalue weighted by atomic mass is 16.5. The lowest BCUT2D eigenvalue weighted by Crippen LogP contribution is -2.02. The largest absolute Gasteiger partial charge is 0.483 e. The fourth-order valence-corrected chi connectivity index (χ4v) is 1.92. The molecule has 5 heteroatoms. The minimum absolute atomic E-state index is 0.282. The fourth-order valence-electron chi connectivity index (χ4n) is 1.92. The van der Waals surface area contributed by atoms with Gasteiger partial charge < -0.3 is 15.0 Å². The molecule has 0 aliphatic heterocycles. The quantitative estimate of drug-likeness (QED) is 0.894. The summed E-state index contributed by atoms with van der Waals surface area (Å²) in [5.74, 6) is 1.94. The maximum Gasteiger partial charge on any atom is 0.264 e. The van der Waals surface area contributed by atoms with Crippen molar-refractivity contribution >= 4 is 0 Å². The third-order valence-electron chi connectivity index (χ3n) is 2.67. The Morgan fingerprint density at radius 3 is 2.39 bits per heavy atom. The van der Waals surface area contributed by atoms with Crippen LogP contribution in [0.4, 0.5) is 0 Å². The number of ether oxygens (including phenoxy) is 1. The van der Waals surface area contributed by atoms with Gasteiger partial charge in [-0.25, -0.2) is 0 Å². The van der Waals surface area contributed by atoms with Crippen LogP contribution in [0.1, 0.15) is 28.4 Å². The second-order valence-electron chi connectivity index (χ2n) is 4.29. The van der Waals surface area contributed by atoms with Crippen LogP contribution in [0.2, 0.25) is 0 Å². The van der Waals surface area contributed by atoms with Gasteiger partial charge in [0.05, 0.1) is 0 Å². The van der Waals surface area contributed by atoms with Crippen LogP contribution in [0.25, 0.3) is 0 Å². The summed E-state index contributed by atoms with van der Waals surface area (Å²) in [4.78, 5) is 4.10. The molecule has 18 heavy (non-hydrogen) atoms. The molecule has 0 amide bonds. The molecule has 0 aliphatic rings. The molecule has 1 heterocycles. The fraction of sp³-hybridized carbons (Fsp3) is 0.385. The molecule has 0 radical (unpaired) electrons. The van der Waals surface area contributed by atoms with Crippen LogP contribution in [0.15, 0.2) is 16.7 Å². The van der Waals surface area contributed by atoms with E-state index >= 15 is 0 Å². The van der Waals surface area contributed by atoms with Crippen LogP contribution in [0, 0.1) is 20.8 Å². The number of nitrogens with zero attached hydrogens (tertiary/aromatic N) is 2. The molecule has 96 valence electrons. The first kappa shape index (κ1) is 12.6. The summed E-state index contributed by atoms with van der Waals surface area (Å²) in [6, 6.07) is 4.06. The van der Waals surface area contributed by atoms with Crippen molar-refractivity contribution in [3.8, 4) is 5.75 Å². The second kappa shape index (κ2) is 5.18. The molecule has 0 fully saturated rings. The first-order valence-corrected chi connectivity index (χ1v) is 5.82. The van der Waals surface area contributed by atoms with Gasteiger partial charge in [0.15, 0.2) is 12.4 Å². The van der Waals surface area contributed by atoms with Gasteiger partial charge in [-0.1, -0.05) is 17.3 Å². The number of rotatable bonds is 4. The number of hydrogen-bond acceptors (Lipinski definition) is 5. The van der Waals surface area contributed by atoms with Gasteiger partial charge in [0.25, 0.3) is 5.89 Å². The van der Waals surface area contributed by atoms with Crippen molar-refractivity contribution in [2.45, 2.75) is 33.9 Å². The number of aryl methyl sites for hydroxylation is 3. The summed E-state index contributed by atoms with van der Waals surface area (Å²) >= 11 is 0. The Kier molecular flexibility index (Phi) is 3.62. The van der Waals surface area contributed by atoms with E-state index in [0.29, 0.717) is 18.3 Å². The van der Waals surface area contributed by atoms with Crippen LogP contribution in [-0.2, 0) is 13.2 Å². The molecule has 2 N–H and O–H groups in total. The number of benzene rings is 1. The molecule has 2 aromatic rings. The van der Waals surface area contributed by atoms with E-state index in [1.807, 2.05) is 26.0 Å². The maximum atomic E-state index is 5.73. The Balaban J connectivity index is 2.14. The van der Waals surface area contributed by atoms with Crippen LogP contribution < -0.4 is 10.5 Å². The second-order valence-corrected chi connectivity index (χ2v) is 4.29. The van der Waals surface area contributed by atoms with Gasteiger partial charge >= 0.3 is 0 Å². The molecule has 1 aromatic carbocycles. The van der Waals surface area contributed by atoms with Gasteiger partial charge in [-0.3, -0.25) is 0 Å². The predicted molar refractivity (Wildman–Crippen MR) is 67.2 cm³/mol. The van der Waals surface area contributed by atoms with Crippen molar-refractivity contribution < 1.29 is 9.26 Å². The number of nitrogens with two attached hydrogens (primary N) is 1. The Hall–Kier alpha value is -1.88. The Morgan fingerprint density at radius 2 is 1.89 bits per heavy atom. The first-order valence-electron chi connectivity index (χ1n) is 5.82. The van der Waals surface area contributed by atoms with E-state index in [1.54, 1.807) is 6.92 Å². The van der Waals surface area contributed by atoms with E-state index in [0.717, 1.165) is 22.4 Å². The lowest BCUT2D eigenvalue weighted by Gasteiger charge is -2.12. The zero-order valence-electron chi connectivity index (χ0n) is 10.9. The van der Waals surface area contributed by atoms with Crippen LogP contribution in [0.3, 0.4) is 0 Å². The standard InChI is InChI=1S/C13H17N3O2/c1-8-4-11(6-14)5-9(2)13(8)17-7-12-15-10(3)16-18-12/h4-5H,6-7,14H2,1-3H3. The van der Waals surface area contributed by atoms with E-state index in [4.69, 9.17) is 15.0 Å². The van der Waals surface area contributed by atoms with Crippen molar-refractivity contribution in [2.75, 3.05) is 0 Å². The molecular weight excluding hydrogens is 230 g/mol. The van der Waals surface area contributed by atoms with Gasteiger partial charge in [0.2, 0.25) is 0 Å².